The van der Waals surface area contributed by atoms with E-state index in [-0.39, 0.29) is 17.9 Å². The van der Waals surface area contributed by atoms with E-state index in [1.165, 1.54) is 6.92 Å². The van der Waals surface area contributed by atoms with Gasteiger partial charge in [0.1, 0.15) is 0 Å². The molecule has 0 saturated carbocycles. The van der Waals surface area contributed by atoms with Crippen LogP contribution in [0.15, 0.2) is 21.2 Å². The minimum atomic E-state index is -0.0954. The number of carbonyl (C=O) groups is 2. The van der Waals surface area contributed by atoms with E-state index in [1.54, 1.807) is 17.0 Å². The number of hydrogen-bond acceptors (Lipinski definition) is 3. The van der Waals surface area contributed by atoms with Gasteiger partial charge < -0.3 is 14.6 Å². The van der Waals surface area contributed by atoms with Crippen molar-refractivity contribution in [3.63, 3.8) is 0 Å². The van der Waals surface area contributed by atoms with E-state index >= 15 is 0 Å². The smallest absolute Gasteiger partial charge is 0.289 e. The van der Waals surface area contributed by atoms with Crippen molar-refractivity contribution >= 4 is 27.7 Å². The molecular formula is C12H15BrN2O3. The number of nitrogens with zero attached hydrogens (tertiary/aromatic N) is 1. The Morgan fingerprint density at radius 2 is 2.06 bits per heavy atom. The number of halogens is 1. The number of amides is 2. The minimum absolute atomic E-state index is 0.0188. The second-order valence-corrected chi connectivity index (χ2v) is 5.15. The third-order valence-corrected chi connectivity index (χ3v) is 3.40. The Labute approximate surface area is 114 Å². The molecule has 1 aromatic rings. The van der Waals surface area contributed by atoms with Gasteiger partial charge in [-0.1, -0.05) is 0 Å². The molecule has 2 heterocycles. The summed E-state index contributed by atoms with van der Waals surface area (Å²) in [5.74, 6) is 0.233. The zero-order valence-corrected chi connectivity index (χ0v) is 11.7. The SMILES string of the molecule is CC(=O)NC1CCN(C(=O)c2ccc(Br)o2)CC1. The molecule has 2 rings (SSSR count). The molecule has 0 aliphatic carbocycles. The lowest BCUT2D eigenvalue weighted by Gasteiger charge is -2.31. The summed E-state index contributed by atoms with van der Waals surface area (Å²) in [7, 11) is 0. The third kappa shape index (κ3) is 3.13. The molecule has 5 nitrogen and oxygen atoms in total. The molecule has 6 heteroatoms. The molecule has 0 bridgehead atoms. The number of furan rings is 1. The van der Waals surface area contributed by atoms with E-state index in [9.17, 15) is 9.59 Å². The van der Waals surface area contributed by atoms with Crippen molar-refractivity contribution in [3.05, 3.63) is 22.6 Å². The second kappa shape index (κ2) is 5.56. The average molecular weight is 315 g/mol. The Kier molecular flexibility index (Phi) is 4.06. The molecule has 0 radical (unpaired) electrons. The molecule has 0 aromatic carbocycles. The van der Waals surface area contributed by atoms with Gasteiger partial charge >= 0.3 is 0 Å². The summed E-state index contributed by atoms with van der Waals surface area (Å²) in [5, 5.41) is 2.88. The maximum atomic E-state index is 12.1. The summed E-state index contributed by atoms with van der Waals surface area (Å²) in [6, 6.07) is 3.54. The maximum absolute atomic E-state index is 12.1. The highest BCUT2D eigenvalue weighted by Crippen LogP contribution is 2.18. The zero-order chi connectivity index (χ0) is 13.1. The molecular weight excluding hydrogens is 300 g/mol. The van der Waals surface area contributed by atoms with Gasteiger partial charge in [-0.3, -0.25) is 9.59 Å². The van der Waals surface area contributed by atoms with Crippen LogP contribution in [0.2, 0.25) is 0 Å². The van der Waals surface area contributed by atoms with E-state index in [0.717, 1.165) is 12.8 Å². The Bertz CT molecular complexity index is 450. The van der Waals surface area contributed by atoms with Crippen molar-refractivity contribution in [2.45, 2.75) is 25.8 Å². The molecule has 0 spiro atoms. The van der Waals surface area contributed by atoms with Gasteiger partial charge in [-0.15, -0.1) is 0 Å². The van der Waals surface area contributed by atoms with E-state index in [0.29, 0.717) is 23.5 Å². The van der Waals surface area contributed by atoms with Gasteiger partial charge in [0.2, 0.25) is 5.91 Å². The number of nitrogens with one attached hydrogen (secondary N) is 1. The first kappa shape index (κ1) is 13.1. The monoisotopic (exact) mass is 314 g/mol. The Hall–Kier alpha value is -1.30. The first-order valence-electron chi connectivity index (χ1n) is 5.88. The lowest BCUT2D eigenvalue weighted by Crippen LogP contribution is -2.46. The summed E-state index contributed by atoms with van der Waals surface area (Å²) >= 11 is 3.18. The molecule has 2 amide bonds. The topological polar surface area (TPSA) is 62.6 Å². The Morgan fingerprint density at radius 3 is 2.56 bits per heavy atom. The number of rotatable bonds is 2. The summed E-state index contributed by atoms with van der Waals surface area (Å²) in [5.41, 5.74) is 0. The predicted octanol–water partition coefficient (Wildman–Crippen LogP) is 1.78. The average Bonchev–Trinajstić information content (AvgIpc) is 2.75. The highest BCUT2D eigenvalue weighted by molar-refractivity contribution is 9.10. The molecule has 1 saturated heterocycles. The lowest BCUT2D eigenvalue weighted by atomic mass is 10.0. The van der Waals surface area contributed by atoms with Gasteiger partial charge in [0.15, 0.2) is 10.4 Å². The summed E-state index contributed by atoms with van der Waals surface area (Å²) in [6.07, 6.45) is 1.57. The van der Waals surface area contributed by atoms with Crippen LogP contribution in [0.4, 0.5) is 0 Å². The van der Waals surface area contributed by atoms with Crippen LogP contribution in [0, 0.1) is 0 Å². The Morgan fingerprint density at radius 1 is 1.39 bits per heavy atom. The fraction of sp³-hybridized carbons (Fsp3) is 0.500. The fourth-order valence-electron chi connectivity index (χ4n) is 2.10. The maximum Gasteiger partial charge on any atom is 0.289 e. The van der Waals surface area contributed by atoms with Crippen LogP contribution in [0.25, 0.3) is 0 Å². The molecule has 0 atom stereocenters. The van der Waals surface area contributed by atoms with Crippen molar-refractivity contribution in [3.8, 4) is 0 Å². The summed E-state index contributed by atoms with van der Waals surface area (Å²) < 4.78 is 5.80. The van der Waals surface area contributed by atoms with E-state index in [4.69, 9.17) is 4.42 Å². The highest BCUT2D eigenvalue weighted by atomic mass is 79.9. The molecule has 18 heavy (non-hydrogen) atoms. The van der Waals surface area contributed by atoms with E-state index in [1.807, 2.05) is 0 Å². The van der Waals surface area contributed by atoms with E-state index in [2.05, 4.69) is 21.2 Å². The van der Waals surface area contributed by atoms with Gasteiger partial charge in [0.25, 0.3) is 5.91 Å². The first-order valence-corrected chi connectivity index (χ1v) is 6.67. The number of likely N-dealkylation sites (tertiary alicyclic amines) is 1. The normalized spacial score (nSPS) is 16.7. The van der Waals surface area contributed by atoms with Crippen molar-refractivity contribution in [2.75, 3.05) is 13.1 Å². The number of piperidine rings is 1. The van der Waals surface area contributed by atoms with Crippen LogP contribution in [0.1, 0.15) is 30.3 Å². The van der Waals surface area contributed by atoms with Gasteiger partial charge in [-0.2, -0.15) is 0 Å². The quantitative estimate of drug-likeness (QED) is 0.905. The van der Waals surface area contributed by atoms with Crippen LogP contribution in [0.3, 0.4) is 0 Å². The van der Waals surface area contributed by atoms with Gasteiger partial charge in [0.05, 0.1) is 0 Å². The van der Waals surface area contributed by atoms with Crippen molar-refractivity contribution in [2.24, 2.45) is 0 Å². The summed E-state index contributed by atoms with van der Waals surface area (Å²) in [6.45, 7) is 2.79. The van der Waals surface area contributed by atoms with Crippen LogP contribution in [0.5, 0.6) is 0 Å². The second-order valence-electron chi connectivity index (χ2n) is 4.37. The van der Waals surface area contributed by atoms with Crippen molar-refractivity contribution in [1.29, 1.82) is 0 Å². The molecule has 1 aliphatic heterocycles. The standard InChI is InChI=1S/C12H15BrN2O3/c1-8(16)14-9-4-6-15(7-5-9)12(17)10-2-3-11(13)18-10/h2-3,9H,4-7H2,1H3,(H,14,16). The van der Waals surface area contributed by atoms with Crippen LogP contribution in [-0.2, 0) is 4.79 Å². The molecule has 0 unspecified atom stereocenters. The predicted molar refractivity (Wildman–Crippen MR) is 69.2 cm³/mol. The molecule has 1 fully saturated rings. The zero-order valence-electron chi connectivity index (χ0n) is 10.1. The van der Waals surface area contributed by atoms with Crippen molar-refractivity contribution < 1.29 is 14.0 Å². The molecule has 1 aliphatic rings. The van der Waals surface area contributed by atoms with Crippen LogP contribution < -0.4 is 5.32 Å². The molecule has 1 aromatic heterocycles. The van der Waals surface area contributed by atoms with Gasteiger partial charge in [0, 0.05) is 26.1 Å². The van der Waals surface area contributed by atoms with Crippen LogP contribution in [-0.4, -0.2) is 35.8 Å². The third-order valence-electron chi connectivity index (χ3n) is 2.97. The lowest BCUT2D eigenvalue weighted by molar-refractivity contribution is -0.119. The van der Waals surface area contributed by atoms with Crippen LogP contribution >= 0.6 is 15.9 Å². The minimum Gasteiger partial charge on any atom is -0.444 e. The number of hydrogen-bond donors (Lipinski definition) is 1. The summed E-state index contributed by atoms with van der Waals surface area (Å²) in [4.78, 5) is 24.8. The van der Waals surface area contributed by atoms with Crippen molar-refractivity contribution in [1.82, 2.24) is 10.2 Å². The van der Waals surface area contributed by atoms with E-state index < -0.39 is 0 Å². The number of carbonyl (C=O) groups excluding carboxylic acids is 2. The first-order chi connectivity index (χ1) is 8.56. The highest BCUT2D eigenvalue weighted by Gasteiger charge is 2.25. The largest absolute Gasteiger partial charge is 0.444 e. The Balaban J connectivity index is 1.90. The molecule has 1 N–H and O–H groups in total. The fourth-order valence-corrected chi connectivity index (χ4v) is 2.41. The molecule has 98 valence electrons. The van der Waals surface area contributed by atoms with Gasteiger partial charge in [-0.05, 0) is 40.9 Å². The van der Waals surface area contributed by atoms with Gasteiger partial charge in [-0.25, -0.2) is 0 Å².